The normalized spacial score (nSPS) is 19.8. The second kappa shape index (κ2) is 6.01. The maximum absolute atomic E-state index is 13.3. The van der Waals surface area contributed by atoms with E-state index in [9.17, 15) is 13.6 Å². The molecule has 4 nitrogen and oxygen atoms in total. The molecule has 0 bridgehead atoms. The zero-order valence-corrected chi connectivity index (χ0v) is 12.1. The van der Waals surface area contributed by atoms with Crippen molar-refractivity contribution in [2.45, 2.75) is 36.2 Å². The molecule has 1 unspecified atom stereocenters. The Hall–Kier alpha value is -1.63. The molecule has 3 rings (SSSR count). The van der Waals surface area contributed by atoms with Crippen LogP contribution in [0.5, 0.6) is 0 Å². The molecule has 2 heterocycles. The summed E-state index contributed by atoms with van der Waals surface area (Å²) in [5.74, 6) is -0.0922. The molecule has 2 aromatic rings. The Morgan fingerprint density at radius 3 is 2.95 bits per heavy atom. The Morgan fingerprint density at radius 2 is 2.14 bits per heavy atom. The first-order chi connectivity index (χ1) is 10.2. The predicted molar refractivity (Wildman–Crippen MR) is 77.5 cm³/mol. The van der Waals surface area contributed by atoms with Crippen LogP contribution in [-0.2, 0) is 4.79 Å². The smallest absolute Gasteiger partial charge is 0.321 e. The summed E-state index contributed by atoms with van der Waals surface area (Å²) in [6.07, 6.45) is 2.52. The average Bonchev–Trinajstić information content (AvgIpc) is 2.71. The van der Waals surface area contributed by atoms with Crippen LogP contribution in [0.3, 0.4) is 0 Å². The van der Waals surface area contributed by atoms with E-state index in [1.807, 2.05) is 0 Å². The van der Waals surface area contributed by atoms with Gasteiger partial charge in [0.2, 0.25) is 5.91 Å². The van der Waals surface area contributed by atoms with E-state index in [1.165, 1.54) is 0 Å². The van der Waals surface area contributed by atoms with Crippen LogP contribution < -0.4 is 5.32 Å². The molecule has 1 aromatic carbocycles. The lowest BCUT2D eigenvalue weighted by Gasteiger charge is -2.13. The van der Waals surface area contributed by atoms with Gasteiger partial charge in [0.05, 0.1) is 16.3 Å². The van der Waals surface area contributed by atoms with Gasteiger partial charge in [0.1, 0.15) is 0 Å². The van der Waals surface area contributed by atoms with E-state index < -0.39 is 6.55 Å². The van der Waals surface area contributed by atoms with Gasteiger partial charge in [-0.25, -0.2) is 4.98 Å². The third-order valence-electron chi connectivity index (χ3n) is 3.49. The lowest BCUT2D eigenvalue weighted by atomic mass is 10.2. The average molecular weight is 311 g/mol. The van der Waals surface area contributed by atoms with Gasteiger partial charge in [0.25, 0.3) is 0 Å². The number of halogens is 2. The summed E-state index contributed by atoms with van der Waals surface area (Å²) in [6.45, 7) is -2.02. The van der Waals surface area contributed by atoms with Crippen LogP contribution in [-0.4, -0.2) is 27.3 Å². The molecule has 1 aliphatic heterocycles. The first-order valence-corrected chi connectivity index (χ1v) is 7.74. The molecule has 1 amide bonds. The fraction of sp³-hybridized carbons (Fsp3) is 0.429. The number of carbonyl (C=O) groups is 1. The second-order valence-corrected chi connectivity index (χ2v) is 6.09. The highest BCUT2D eigenvalue weighted by Crippen LogP contribution is 2.33. The summed E-state index contributed by atoms with van der Waals surface area (Å²) in [7, 11) is 0. The van der Waals surface area contributed by atoms with E-state index in [0.29, 0.717) is 24.0 Å². The number of carbonyl (C=O) groups excluding carboxylic acids is 1. The number of rotatable bonds is 3. The summed E-state index contributed by atoms with van der Waals surface area (Å²) in [5.41, 5.74) is 0.915. The van der Waals surface area contributed by atoms with Gasteiger partial charge in [-0.15, -0.1) is 0 Å². The molecule has 1 aromatic heterocycles. The van der Waals surface area contributed by atoms with Crippen LogP contribution in [0.2, 0.25) is 0 Å². The summed E-state index contributed by atoms with van der Waals surface area (Å²) < 4.78 is 27.6. The minimum Gasteiger partial charge on any atom is -0.355 e. The fourth-order valence-corrected chi connectivity index (χ4v) is 3.62. The van der Waals surface area contributed by atoms with E-state index in [4.69, 9.17) is 0 Å². The van der Waals surface area contributed by atoms with Crippen molar-refractivity contribution in [3.63, 3.8) is 0 Å². The van der Waals surface area contributed by atoms with Crippen LogP contribution in [0.25, 0.3) is 11.0 Å². The Bertz CT molecular complexity index is 659. The van der Waals surface area contributed by atoms with Crippen molar-refractivity contribution >= 4 is 28.7 Å². The summed E-state index contributed by atoms with van der Waals surface area (Å²) >= 11 is 1.13. The number of fused-ring (bicyclic) bond motifs is 1. The molecule has 1 aliphatic rings. The largest absolute Gasteiger partial charge is 0.355 e. The molecule has 7 heteroatoms. The van der Waals surface area contributed by atoms with E-state index >= 15 is 0 Å². The summed E-state index contributed by atoms with van der Waals surface area (Å²) in [4.78, 5) is 16.2. The molecule has 21 heavy (non-hydrogen) atoms. The third-order valence-corrected chi connectivity index (χ3v) is 4.72. The van der Waals surface area contributed by atoms with Gasteiger partial charge in [0, 0.05) is 6.54 Å². The minimum absolute atomic E-state index is 0.0922. The predicted octanol–water partition coefficient (Wildman–Crippen LogP) is 3.19. The molecule has 0 radical (unpaired) electrons. The maximum Gasteiger partial charge on any atom is 0.321 e. The Labute approximate surface area is 124 Å². The Kier molecular flexibility index (Phi) is 4.10. The van der Waals surface area contributed by atoms with E-state index in [2.05, 4.69) is 10.3 Å². The molecular weight excluding hydrogens is 296 g/mol. The maximum atomic E-state index is 13.3. The monoisotopic (exact) mass is 311 g/mol. The van der Waals surface area contributed by atoms with Crippen molar-refractivity contribution in [1.29, 1.82) is 0 Å². The van der Waals surface area contributed by atoms with Crippen LogP contribution in [0, 0.1) is 0 Å². The van der Waals surface area contributed by atoms with Gasteiger partial charge >= 0.3 is 6.55 Å². The molecular formula is C14H15F2N3OS. The molecule has 1 atom stereocenters. The lowest BCUT2D eigenvalue weighted by molar-refractivity contribution is -0.120. The van der Waals surface area contributed by atoms with Gasteiger partial charge in [-0.3, -0.25) is 9.36 Å². The second-order valence-electron chi connectivity index (χ2n) is 4.92. The Morgan fingerprint density at radius 1 is 1.33 bits per heavy atom. The van der Waals surface area contributed by atoms with Crippen LogP contribution in [0.4, 0.5) is 8.78 Å². The number of hydrogen-bond donors (Lipinski definition) is 1. The van der Waals surface area contributed by atoms with Crippen molar-refractivity contribution in [3.8, 4) is 0 Å². The number of nitrogens with zero attached hydrogens (tertiary/aromatic N) is 2. The standard InChI is InChI=1S/C14H15F2N3OS/c15-13(16)19-10-6-2-1-5-9(10)18-14(19)21-11-7-3-4-8-17-12(11)20/h1-2,5-6,11,13H,3-4,7-8H2,(H,17,20). The van der Waals surface area contributed by atoms with Crippen molar-refractivity contribution in [2.24, 2.45) is 0 Å². The highest BCUT2D eigenvalue weighted by Gasteiger charge is 2.26. The van der Waals surface area contributed by atoms with Gasteiger partial charge in [-0.2, -0.15) is 8.78 Å². The molecule has 0 aliphatic carbocycles. The van der Waals surface area contributed by atoms with Gasteiger partial charge < -0.3 is 5.32 Å². The number of alkyl halides is 2. The molecule has 1 fully saturated rings. The van der Waals surface area contributed by atoms with Crippen molar-refractivity contribution < 1.29 is 13.6 Å². The first kappa shape index (κ1) is 14.3. The minimum atomic E-state index is -2.67. The number of thioether (sulfide) groups is 1. The molecule has 1 saturated heterocycles. The fourth-order valence-electron chi connectivity index (χ4n) is 2.45. The first-order valence-electron chi connectivity index (χ1n) is 6.86. The zero-order valence-electron chi connectivity index (χ0n) is 11.3. The van der Waals surface area contributed by atoms with Crippen molar-refractivity contribution in [2.75, 3.05) is 6.54 Å². The molecule has 0 saturated carbocycles. The molecule has 1 N–H and O–H groups in total. The lowest BCUT2D eigenvalue weighted by Crippen LogP contribution is -2.30. The summed E-state index contributed by atoms with van der Waals surface area (Å²) in [5, 5.41) is 2.66. The van der Waals surface area contributed by atoms with E-state index in [1.54, 1.807) is 24.3 Å². The molecule has 112 valence electrons. The molecule has 0 spiro atoms. The number of aromatic nitrogens is 2. The number of benzene rings is 1. The van der Waals surface area contributed by atoms with E-state index in [-0.39, 0.29) is 16.3 Å². The quantitative estimate of drug-likeness (QED) is 0.947. The zero-order chi connectivity index (χ0) is 14.8. The number of para-hydroxylation sites is 2. The topological polar surface area (TPSA) is 46.9 Å². The SMILES string of the molecule is O=C1NCCCCC1Sc1nc2ccccc2n1C(F)F. The van der Waals surface area contributed by atoms with Crippen molar-refractivity contribution in [3.05, 3.63) is 24.3 Å². The van der Waals surface area contributed by atoms with Crippen LogP contribution >= 0.6 is 11.8 Å². The van der Waals surface area contributed by atoms with Crippen LogP contribution in [0.1, 0.15) is 25.8 Å². The van der Waals surface area contributed by atoms with Crippen molar-refractivity contribution in [1.82, 2.24) is 14.9 Å². The van der Waals surface area contributed by atoms with Gasteiger partial charge in [-0.1, -0.05) is 30.3 Å². The number of hydrogen-bond acceptors (Lipinski definition) is 3. The van der Waals surface area contributed by atoms with E-state index in [0.717, 1.165) is 29.2 Å². The number of imidazole rings is 1. The highest BCUT2D eigenvalue weighted by molar-refractivity contribution is 8.00. The third kappa shape index (κ3) is 2.88. The van der Waals surface area contributed by atoms with Gasteiger partial charge in [-0.05, 0) is 25.0 Å². The number of nitrogens with one attached hydrogen (secondary N) is 1. The summed E-state index contributed by atoms with van der Waals surface area (Å²) in [6, 6.07) is 6.78. The number of amides is 1. The highest BCUT2D eigenvalue weighted by atomic mass is 32.2. The Balaban J connectivity index is 1.95. The van der Waals surface area contributed by atoms with Gasteiger partial charge in [0.15, 0.2) is 5.16 Å². The van der Waals surface area contributed by atoms with Crippen LogP contribution in [0.15, 0.2) is 29.4 Å².